The molecule has 3 rings (SSSR count). The molecule has 0 spiro atoms. The number of aromatic nitrogens is 1. The monoisotopic (exact) mass is 496 g/mol. The molecule has 3 aromatic rings. The number of carbonyl (C=O) groups excluding carboxylic acids is 1. The van der Waals surface area contributed by atoms with Crippen LogP contribution < -0.4 is 15.8 Å². The predicted molar refractivity (Wildman–Crippen MR) is 124 cm³/mol. The minimum atomic E-state index is -3.49. The molecule has 0 saturated heterocycles. The Morgan fingerprint density at radius 1 is 1.24 bits per heavy atom. The quantitative estimate of drug-likeness (QED) is 0.377. The highest BCUT2D eigenvalue weighted by Gasteiger charge is 2.21. The molecule has 0 aliphatic carbocycles. The Morgan fingerprint density at radius 3 is 2.39 bits per heavy atom. The number of sulfonamides is 1. The van der Waals surface area contributed by atoms with Crippen LogP contribution in [0.4, 0.5) is 25.3 Å². The van der Waals surface area contributed by atoms with Gasteiger partial charge < -0.3 is 16.2 Å². The van der Waals surface area contributed by atoms with Gasteiger partial charge in [-0.25, -0.2) is 22.2 Å². The summed E-state index contributed by atoms with van der Waals surface area (Å²) in [6.45, 7) is 3.10. The van der Waals surface area contributed by atoms with Gasteiger partial charge in [-0.15, -0.1) is 11.3 Å². The van der Waals surface area contributed by atoms with E-state index in [1.54, 1.807) is 6.92 Å². The van der Waals surface area contributed by atoms with Crippen molar-refractivity contribution in [1.82, 2.24) is 4.98 Å². The van der Waals surface area contributed by atoms with Crippen LogP contribution >= 0.6 is 11.3 Å². The minimum Gasteiger partial charge on any atom is -0.393 e. The second-order valence-electron chi connectivity index (χ2n) is 7.53. The topological polar surface area (TPSA) is 134 Å². The zero-order valence-electron chi connectivity index (χ0n) is 17.9. The van der Waals surface area contributed by atoms with E-state index in [0.29, 0.717) is 11.3 Å². The molecule has 0 fully saturated rings. The summed E-state index contributed by atoms with van der Waals surface area (Å²) in [5.41, 5.74) is 6.10. The van der Waals surface area contributed by atoms with Crippen LogP contribution in [0.25, 0.3) is 10.4 Å². The van der Waals surface area contributed by atoms with Crippen molar-refractivity contribution < 1.29 is 27.1 Å². The van der Waals surface area contributed by atoms with Crippen molar-refractivity contribution in [3.8, 4) is 10.4 Å². The first-order valence-corrected chi connectivity index (χ1v) is 12.4. The molecule has 8 nitrogen and oxygen atoms in total. The number of hydrogen-bond donors (Lipinski definition) is 4. The second-order valence-corrected chi connectivity index (χ2v) is 10.3. The third kappa shape index (κ3) is 6.03. The van der Waals surface area contributed by atoms with Gasteiger partial charge >= 0.3 is 0 Å². The molecule has 0 aliphatic rings. The molecule has 33 heavy (non-hydrogen) atoms. The van der Waals surface area contributed by atoms with Gasteiger partial charge in [0.05, 0.1) is 34.9 Å². The maximum absolute atomic E-state index is 14.7. The van der Waals surface area contributed by atoms with Gasteiger partial charge in [0, 0.05) is 4.88 Å². The highest BCUT2D eigenvalue weighted by molar-refractivity contribution is 7.92. The van der Waals surface area contributed by atoms with Crippen molar-refractivity contribution in [1.29, 1.82) is 0 Å². The number of aliphatic hydroxyl groups excluding tert-OH is 1. The normalized spacial score (nSPS) is 12.4. The Balaban J connectivity index is 1.97. The number of halogens is 2. The van der Waals surface area contributed by atoms with E-state index in [2.05, 4.69) is 15.0 Å². The van der Waals surface area contributed by atoms with Gasteiger partial charge in [-0.2, -0.15) is 0 Å². The fourth-order valence-corrected chi connectivity index (χ4v) is 4.90. The number of aliphatic hydroxyl groups is 1. The molecule has 5 N–H and O–H groups in total. The van der Waals surface area contributed by atoms with Gasteiger partial charge in [0.1, 0.15) is 22.5 Å². The number of thiophene rings is 1. The van der Waals surface area contributed by atoms with Crippen LogP contribution in [-0.2, 0) is 16.4 Å². The highest BCUT2D eigenvalue weighted by atomic mass is 32.2. The number of anilines is 3. The first-order valence-electron chi connectivity index (χ1n) is 9.66. The molecular weight excluding hydrogens is 474 g/mol. The summed E-state index contributed by atoms with van der Waals surface area (Å²) in [6.07, 6.45) is 0.344. The first-order chi connectivity index (χ1) is 15.3. The molecule has 176 valence electrons. The smallest absolute Gasteiger partial charge is 0.251 e. The summed E-state index contributed by atoms with van der Waals surface area (Å²) < 4.78 is 54.7. The first kappa shape index (κ1) is 24.6. The number of hydrogen-bond acceptors (Lipinski definition) is 7. The van der Waals surface area contributed by atoms with Gasteiger partial charge in [-0.05, 0) is 56.2 Å². The summed E-state index contributed by atoms with van der Waals surface area (Å²) in [5.74, 6) is -2.20. The van der Waals surface area contributed by atoms with Gasteiger partial charge in [0.15, 0.2) is 0 Å². The summed E-state index contributed by atoms with van der Waals surface area (Å²) >= 11 is 0.911. The molecule has 1 unspecified atom stereocenters. The Hall–Kier alpha value is -3.09. The van der Waals surface area contributed by atoms with E-state index < -0.39 is 33.7 Å². The van der Waals surface area contributed by atoms with Gasteiger partial charge in [-0.1, -0.05) is 0 Å². The number of carbonyl (C=O) groups is 1. The molecule has 0 saturated carbocycles. The van der Waals surface area contributed by atoms with E-state index >= 15 is 0 Å². The molecular formula is C21H22F2N4O4S2. The lowest BCUT2D eigenvalue weighted by Gasteiger charge is -2.10. The number of nitrogens with two attached hydrogens (primary N) is 1. The number of benzene rings is 1. The van der Waals surface area contributed by atoms with Crippen LogP contribution in [0.5, 0.6) is 0 Å². The van der Waals surface area contributed by atoms with Gasteiger partial charge in [-0.3, -0.25) is 9.52 Å². The van der Waals surface area contributed by atoms with Crippen molar-refractivity contribution in [2.45, 2.75) is 26.4 Å². The molecule has 12 heteroatoms. The molecule has 0 aliphatic heterocycles. The maximum atomic E-state index is 14.7. The molecule has 2 heterocycles. The average Bonchev–Trinajstić information content (AvgIpc) is 3.05. The number of amides is 1. The van der Waals surface area contributed by atoms with Crippen LogP contribution in [0.2, 0.25) is 0 Å². The van der Waals surface area contributed by atoms with E-state index in [1.807, 2.05) is 0 Å². The Kier molecular flexibility index (Phi) is 7.00. The zero-order chi connectivity index (χ0) is 24.5. The number of nitrogens with one attached hydrogen (secondary N) is 2. The summed E-state index contributed by atoms with van der Waals surface area (Å²) in [4.78, 5) is 16.3. The standard InChI is InChI=1S/C21H22F2N4O4S2/c1-10(28)6-12-7-14(22)19(15(23)8-12)17-9-13(20(24)29)21(32-17)26-18-5-4-16(11(2)25-18)27-33(3,30)31/h4-5,7-10,27-28H,6H2,1-3H3,(H2,24,29)(H,25,26). The van der Waals surface area contributed by atoms with Crippen LogP contribution in [0.15, 0.2) is 30.3 Å². The SMILES string of the molecule is Cc1nc(Nc2sc(-c3c(F)cc(CC(C)O)cc3F)cc2C(N)=O)ccc1NS(C)(=O)=O. The number of pyridine rings is 1. The number of nitrogens with zero attached hydrogens (tertiary/aromatic N) is 1. The third-order valence-corrected chi connectivity index (χ3v) is 6.16. The summed E-state index contributed by atoms with van der Waals surface area (Å²) in [7, 11) is -3.49. The Labute approximate surface area is 193 Å². The molecule has 1 amide bonds. The van der Waals surface area contributed by atoms with E-state index in [9.17, 15) is 27.1 Å². The van der Waals surface area contributed by atoms with E-state index in [-0.39, 0.29) is 38.9 Å². The highest BCUT2D eigenvalue weighted by Crippen LogP contribution is 2.39. The van der Waals surface area contributed by atoms with Crippen molar-refractivity contribution in [3.05, 3.63) is 58.8 Å². The van der Waals surface area contributed by atoms with E-state index in [4.69, 9.17) is 5.73 Å². The van der Waals surface area contributed by atoms with Crippen LogP contribution in [0.1, 0.15) is 28.5 Å². The molecule has 2 aromatic heterocycles. The fraction of sp³-hybridized carbons (Fsp3) is 0.238. The molecule has 0 radical (unpaired) electrons. The number of aryl methyl sites for hydroxylation is 1. The molecule has 1 atom stereocenters. The fourth-order valence-electron chi connectivity index (χ4n) is 3.16. The van der Waals surface area contributed by atoms with Crippen LogP contribution in [0.3, 0.4) is 0 Å². The Morgan fingerprint density at radius 2 is 1.88 bits per heavy atom. The molecule has 0 bridgehead atoms. The summed E-state index contributed by atoms with van der Waals surface area (Å²) in [6, 6.07) is 6.54. The van der Waals surface area contributed by atoms with Crippen molar-refractivity contribution >= 4 is 43.8 Å². The maximum Gasteiger partial charge on any atom is 0.251 e. The van der Waals surface area contributed by atoms with Crippen LogP contribution in [0, 0.1) is 18.6 Å². The largest absolute Gasteiger partial charge is 0.393 e. The van der Waals surface area contributed by atoms with Crippen molar-refractivity contribution in [2.75, 3.05) is 16.3 Å². The summed E-state index contributed by atoms with van der Waals surface area (Å²) in [5, 5.41) is 12.6. The number of rotatable bonds is 8. The average molecular weight is 497 g/mol. The lowest BCUT2D eigenvalue weighted by molar-refractivity contribution is 0.100. The van der Waals surface area contributed by atoms with Crippen molar-refractivity contribution in [3.63, 3.8) is 0 Å². The zero-order valence-corrected chi connectivity index (χ0v) is 19.6. The lowest BCUT2D eigenvalue weighted by atomic mass is 10.0. The lowest BCUT2D eigenvalue weighted by Crippen LogP contribution is -2.12. The van der Waals surface area contributed by atoms with Crippen LogP contribution in [-0.4, -0.2) is 36.8 Å². The number of primary amides is 1. The van der Waals surface area contributed by atoms with Crippen molar-refractivity contribution in [2.24, 2.45) is 5.73 Å². The molecule has 1 aromatic carbocycles. The van der Waals surface area contributed by atoms with Gasteiger partial charge in [0.2, 0.25) is 10.0 Å². The van der Waals surface area contributed by atoms with E-state index in [0.717, 1.165) is 29.7 Å². The van der Waals surface area contributed by atoms with E-state index in [1.165, 1.54) is 25.1 Å². The Bertz CT molecular complexity index is 1300. The van der Waals surface area contributed by atoms with Gasteiger partial charge in [0.25, 0.3) is 5.91 Å². The third-order valence-electron chi connectivity index (χ3n) is 4.50. The predicted octanol–water partition coefficient (Wildman–Crippen LogP) is 3.53. The minimum absolute atomic E-state index is 0.0136. The second kappa shape index (κ2) is 9.41.